The van der Waals surface area contributed by atoms with Gasteiger partial charge in [-0.05, 0) is 34.8 Å². The largest absolute Gasteiger partial charge is 0.492 e. The fourth-order valence-electron chi connectivity index (χ4n) is 2.60. The third-order valence-corrected chi connectivity index (χ3v) is 4.13. The van der Waals surface area contributed by atoms with Crippen LogP contribution in [-0.2, 0) is 5.54 Å². The highest BCUT2D eigenvalue weighted by atomic mass is 79.9. The lowest BCUT2D eigenvalue weighted by atomic mass is 9.88. The number of hydrogen-bond donors (Lipinski definition) is 1. The number of halogens is 1. The minimum Gasteiger partial charge on any atom is -0.492 e. The van der Waals surface area contributed by atoms with Gasteiger partial charge in [0.25, 0.3) is 0 Å². The zero-order valence-electron chi connectivity index (χ0n) is 10.3. The Balaban J connectivity index is 2.54. The van der Waals surface area contributed by atoms with Crippen molar-refractivity contribution in [2.75, 3.05) is 14.2 Å². The molecule has 1 aromatic carbocycles. The van der Waals surface area contributed by atoms with Crippen molar-refractivity contribution in [3.8, 4) is 11.5 Å². The summed E-state index contributed by atoms with van der Waals surface area (Å²) in [7, 11) is 3.30. The van der Waals surface area contributed by atoms with Crippen LogP contribution in [0.2, 0.25) is 0 Å². The number of hydrogen-bond acceptors (Lipinski definition) is 3. The van der Waals surface area contributed by atoms with Crippen LogP contribution in [0.4, 0.5) is 0 Å². The molecule has 0 bridgehead atoms. The van der Waals surface area contributed by atoms with Gasteiger partial charge in [-0.15, -0.1) is 0 Å². The van der Waals surface area contributed by atoms with Crippen molar-refractivity contribution in [2.24, 2.45) is 5.73 Å². The molecule has 0 unspecified atom stereocenters. The summed E-state index contributed by atoms with van der Waals surface area (Å²) in [5.74, 6) is 1.48. The monoisotopic (exact) mass is 299 g/mol. The highest BCUT2D eigenvalue weighted by Gasteiger charge is 2.35. The number of benzene rings is 1. The summed E-state index contributed by atoms with van der Waals surface area (Å²) in [6.45, 7) is 0. The van der Waals surface area contributed by atoms with Gasteiger partial charge in [-0.3, -0.25) is 0 Å². The normalized spacial score (nSPS) is 18.1. The first kappa shape index (κ1) is 12.7. The molecular formula is C13H18BrNO2. The fraction of sp³-hybridized carbons (Fsp3) is 0.538. The van der Waals surface area contributed by atoms with Crippen molar-refractivity contribution in [1.82, 2.24) is 0 Å². The van der Waals surface area contributed by atoms with Crippen molar-refractivity contribution in [1.29, 1.82) is 0 Å². The van der Waals surface area contributed by atoms with E-state index in [0.29, 0.717) is 0 Å². The molecule has 0 heterocycles. The summed E-state index contributed by atoms with van der Waals surface area (Å²) in [6, 6.07) is 4.01. The molecule has 0 aromatic heterocycles. The van der Waals surface area contributed by atoms with Gasteiger partial charge in [-0.2, -0.15) is 0 Å². The summed E-state index contributed by atoms with van der Waals surface area (Å²) < 4.78 is 11.8. The fourth-order valence-corrected chi connectivity index (χ4v) is 3.07. The van der Waals surface area contributed by atoms with E-state index in [9.17, 15) is 0 Å². The third-order valence-electron chi connectivity index (χ3n) is 3.50. The summed E-state index contributed by atoms with van der Waals surface area (Å²) in [4.78, 5) is 0. The SMILES string of the molecule is COc1c(Br)ccc(C2(N)CCCC2)c1OC. The molecule has 2 rings (SSSR count). The zero-order valence-corrected chi connectivity index (χ0v) is 11.8. The Labute approximate surface area is 110 Å². The average molecular weight is 300 g/mol. The molecule has 1 aliphatic rings. The van der Waals surface area contributed by atoms with E-state index in [2.05, 4.69) is 15.9 Å². The van der Waals surface area contributed by atoms with E-state index in [0.717, 1.165) is 34.4 Å². The van der Waals surface area contributed by atoms with Gasteiger partial charge in [0.1, 0.15) is 0 Å². The number of rotatable bonds is 3. The van der Waals surface area contributed by atoms with Gasteiger partial charge in [0.05, 0.1) is 18.7 Å². The minimum atomic E-state index is -0.265. The van der Waals surface area contributed by atoms with E-state index < -0.39 is 0 Å². The van der Waals surface area contributed by atoms with E-state index in [1.165, 1.54) is 12.8 Å². The van der Waals surface area contributed by atoms with E-state index >= 15 is 0 Å². The maximum atomic E-state index is 6.48. The molecular weight excluding hydrogens is 282 g/mol. The molecule has 0 atom stereocenters. The Morgan fingerprint density at radius 2 is 1.71 bits per heavy atom. The maximum absolute atomic E-state index is 6.48. The van der Waals surface area contributed by atoms with Crippen LogP contribution in [0.3, 0.4) is 0 Å². The highest BCUT2D eigenvalue weighted by molar-refractivity contribution is 9.10. The summed E-state index contributed by atoms with van der Waals surface area (Å²) in [5, 5.41) is 0. The zero-order chi connectivity index (χ0) is 12.5. The van der Waals surface area contributed by atoms with E-state index in [1.54, 1.807) is 14.2 Å². The second-order valence-corrected chi connectivity index (χ2v) is 5.38. The van der Waals surface area contributed by atoms with Gasteiger partial charge in [-0.25, -0.2) is 0 Å². The molecule has 3 nitrogen and oxygen atoms in total. The van der Waals surface area contributed by atoms with Gasteiger partial charge in [0, 0.05) is 11.1 Å². The van der Waals surface area contributed by atoms with Crippen molar-refractivity contribution < 1.29 is 9.47 Å². The Morgan fingerprint density at radius 1 is 1.12 bits per heavy atom. The number of methoxy groups -OCH3 is 2. The Kier molecular flexibility index (Phi) is 3.64. The predicted octanol–water partition coefficient (Wildman–Crippen LogP) is 3.19. The van der Waals surface area contributed by atoms with Crippen LogP contribution in [0.25, 0.3) is 0 Å². The smallest absolute Gasteiger partial charge is 0.175 e. The summed E-state index contributed by atoms with van der Waals surface area (Å²) >= 11 is 3.46. The van der Waals surface area contributed by atoms with Crippen molar-refractivity contribution in [3.05, 3.63) is 22.2 Å². The third kappa shape index (κ3) is 2.16. The van der Waals surface area contributed by atoms with Crippen LogP contribution < -0.4 is 15.2 Å². The topological polar surface area (TPSA) is 44.5 Å². The van der Waals surface area contributed by atoms with E-state index in [4.69, 9.17) is 15.2 Å². The van der Waals surface area contributed by atoms with Crippen LogP contribution >= 0.6 is 15.9 Å². The maximum Gasteiger partial charge on any atom is 0.175 e. The average Bonchev–Trinajstić information content (AvgIpc) is 2.76. The molecule has 94 valence electrons. The lowest BCUT2D eigenvalue weighted by molar-refractivity contribution is 0.335. The van der Waals surface area contributed by atoms with Gasteiger partial charge in [0.2, 0.25) is 0 Å². The molecule has 1 aromatic rings. The van der Waals surface area contributed by atoms with Crippen LogP contribution in [0.5, 0.6) is 11.5 Å². The van der Waals surface area contributed by atoms with Crippen LogP contribution in [0, 0.1) is 0 Å². The molecule has 4 heteroatoms. The molecule has 2 N–H and O–H groups in total. The second-order valence-electron chi connectivity index (χ2n) is 4.52. The standard InChI is InChI=1S/C13H18BrNO2/c1-16-11-9(13(15)7-3-4-8-13)5-6-10(14)12(11)17-2/h5-6H,3-4,7-8,15H2,1-2H3. The lowest BCUT2D eigenvalue weighted by Gasteiger charge is -2.27. The van der Waals surface area contributed by atoms with Gasteiger partial charge >= 0.3 is 0 Å². The van der Waals surface area contributed by atoms with Crippen molar-refractivity contribution >= 4 is 15.9 Å². The highest BCUT2D eigenvalue weighted by Crippen LogP contribution is 2.46. The van der Waals surface area contributed by atoms with Crippen LogP contribution in [0.15, 0.2) is 16.6 Å². The van der Waals surface area contributed by atoms with Crippen molar-refractivity contribution in [3.63, 3.8) is 0 Å². The predicted molar refractivity (Wildman–Crippen MR) is 71.6 cm³/mol. The Morgan fingerprint density at radius 3 is 2.24 bits per heavy atom. The first-order valence-corrected chi connectivity index (χ1v) is 6.61. The van der Waals surface area contributed by atoms with Crippen LogP contribution in [-0.4, -0.2) is 14.2 Å². The molecule has 0 aliphatic heterocycles. The Hall–Kier alpha value is -0.740. The summed E-state index contributed by atoms with van der Waals surface area (Å²) in [5.41, 5.74) is 7.27. The van der Waals surface area contributed by atoms with Gasteiger partial charge < -0.3 is 15.2 Å². The molecule has 0 radical (unpaired) electrons. The first-order chi connectivity index (χ1) is 8.12. The van der Waals surface area contributed by atoms with Crippen molar-refractivity contribution in [2.45, 2.75) is 31.2 Å². The quantitative estimate of drug-likeness (QED) is 0.932. The second kappa shape index (κ2) is 4.86. The Bertz CT molecular complexity index is 414. The minimum absolute atomic E-state index is 0.265. The first-order valence-electron chi connectivity index (χ1n) is 5.82. The van der Waals surface area contributed by atoms with Crippen LogP contribution in [0.1, 0.15) is 31.2 Å². The molecule has 0 amide bonds. The van der Waals surface area contributed by atoms with E-state index in [1.807, 2.05) is 12.1 Å². The number of ether oxygens (including phenoxy) is 2. The molecule has 17 heavy (non-hydrogen) atoms. The van der Waals surface area contributed by atoms with Gasteiger partial charge in [-0.1, -0.05) is 18.9 Å². The van der Waals surface area contributed by atoms with E-state index in [-0.39, 0.29) is 5.54 Å². The molecule has 1 aliphatic carbocycles. The van der Waals surface area contributed by atoms with Gasteiger partial charge in [0.15, 0.2) is 11.5 Å². The molecule has 1 fully saturated rings. The molecule has 0 saturated heterocycles. The lowest BCUT2D eigenvalue weighted by Crippen LogP contribution is -2.33. The molecule has 1 saturated carbocycles. The number of nitrogens with two attached hydrogens (primary N) is 1. The molecule has 0 spiro atoms. The summed E-state index contributed by atoms with van der Waals surface area (Å²) in [6.07, 6.45) is 4.37.